The second-order valence-corrected chi connectivity index (χ2v) is 5.49. The quantitative estimate of drug-likeness (QED) is 0.617. The first kappa shape index (κ1) is 17.4. The number of methoxy groups -OCH3 is 2. The van der Waals surface area contributed by atoms with Crippen LogP contribution in [-0.2, 0) is 14.3 Å². The van der Waals surface area contributed by atoms with Crippen molar-refractivity contribution >= 4 is 5.91 Å². The molecule has 1 fully saturated rings. The smallest absolute Gasteiger partial charge is 0.242 e. The van der Waals surface area contributed by atoms with E-state index in [0.29, 0.717) is 19.8 Å². The summed E-state index contributed by atoms with van der Waals surface area (Å²) in [7, 11) is 3.37. The van der Waals surface area contributed by atoms with Gasteiger partial charge in [0, 0.05) is 33.9 Å². The molecule has 5 heteroatoms. The van der Waals surface area contributed by atoms with Crippen LogP contribution in [0.2, 0.25) is 0 Å². The number of nitrogens with zero attached hydrogens (tertiary/aromatic N) is 1. The van der Waals surface area contributed by atoms with Gasteiger partial charge in [-0.15, -0.1) is 0 Å². The zero-order valence-corrected chi connectivity index (χ0v) is 13.2. The van der Waals surface area contributed by atoms with Gasteiger partial charge < -0.3 is 19.7 Å². The van der Waals surface area contributed by atoms with E-state index in [4.69, 9.17) is 9.47 Å². The lowest BCUT2D eigenvalue weighted by atomic mass is 9.90. The van der Waals surface area contributed by atoms with Gasteiger partial charge in [-0.3, -0.25) is 4.79 Å². The van der Waals surface area contributed by atoms with Crippen LogP contribution >= 0.6 is 0 Å². The van der Waals surface area contributed by atoms with E-state index in [1.165, 1.54) is 0 Å². The number of carbonyl (C=O) groups is 1. The molecule has 0 aromatic rings. The van der Waals surface area contributed by atoms with Crippen molar-refractivity contribution in [1.29, 1.82) is 0 Å². The Bertz CT molecular complexity index is 278. The van der Waals surface area contributed by atoms with Gasteiger partial charge in [0.1, 0.15) is 0 Å². The molecule has 20 heavy (non-hydrogen) atoms. The first-order valence-electron chi connectivity index (χ1n) is 7.72. The Balaban J connectivity index is 2.67. The maximum Gasteiger partial charge on any atom is 0.242 e. The van der Waals surface area contributed by atoms with Crippen molar-refractivity contribution in [1.82, 2.24) is 10.2 Å². The summed E-state index contributed by atoms with van der Waals surface area (Å²) in [5, 5.41) is 3.45. The normalized spacial score (nSPS) is 22.1. The lowest BCUT2D eigenvalue weighted by molar-refractivity contribution is -0.139. The predicted octanol–water partition coefficient (Wildman–Crippen LogP) is 1.42. The molecule has 118 valence electrons. The number of rotatable bonds is 10. The number of amides is 1. The van der Waals surface area contributed by atoms with Gasteiger partial charge in [-0.25, -0.2) is 0 Å². The van der Waals surface area contributed by atoms with Gasteiger partial charge in [-0.2, -0.15) is 0 Å². The molecule has 1 atom stereocenters. The van der Waals surface area contributed by atoms with Crippen LogP contribution in [0.1, 0.15) is 39.0 Å². The van der Waals surface area contributed by atoms with Gasteiger partial charge in [-0.1, -0.05) is 13.3 Å². The third-order valence-electron chi connectivity index (χ3n) is 3.96. The SMILES string of the molecule is CCCC1(C(=O)N(CCCOC)CCOC)CCCN1. The van der Waals surface area contributed by atoms with Crippen LogP contribution in [0.15, 0.2) is 0 Å². The molecule has 1 amide bonds. The van der Waals surface area contributed by atoms with E-state index in [9.17, 15) is 4.79 Å². The molecule has 1 rings (SSSR count). The fraction of sp³-hybridized carbons (Fsp3) is 0.933. The summed E-state index contributed by atoms with van der Waals surface area (Å²) in [5.41, 5.74) is -0.338. The first-order valence-corrected chi connectivity index (χ1v) is 7.72. The molecule has 5 nitrogen and oxygen atoms in total. The van der Waals surface area contributed by atoms with E-state index in [2.05, 4.69) is 12.2 Å². The molecular weight excluding hydrogens is 256 g/mol. The molecule has 0 saturated carbocycles. The molecule has 0 radical (unpaired) electrons. The van der Waals surface area contributed by atoms with E-state index >= 15 is 0 Å². The third kappa shape index (κ3) is 4.72. The Kier molecular flexibility index (Phi) is 8.11. The van der Waals surface area contributed by atoms with Gasteiger partial charge in [-0.05, 0) is 32.2 Å². The summed E-state index contributed by atoms with van der Waals surface area (Å²) in [6.45, 7) is 5.75. The second kappa shape index (κ2) is 9.32. The highest BCUT2D eigenvalue weighted by Crippen LogP contribution is 2.27. The molecule has 0 bridgehead atoms. The van der Waals surface area contributed by atoms with Crippen LogP contribution < -0.4 is 5.32 Å². The zero-order valence-electron chi connectivity index (χ0n) is 13.2. The summed E-state index contributed by atoms with van der Waals surface area (Å²) >= 11 is 0. The molecule has 0 aromatic carbocycles. The number of nitrogens with one attached hydrogen (secondary N) is 1. The zero-order chi connectivity index (χ0) is 14.8. The van der Waals surface area contributed by atoms with E-state index in [0.717, 1.165) is 45.2 Å². The van der Waals surface area contributed by atoms with Crippen LogP contribution in [0, 0.1) is 0 Å². The topological polar surface area (TPSA) is 50.8 Å². The lowest BCUT2D eigenvalue weighted by Gasteiger charge is -2.34. The Hall–Kier alpha value is -0.650. The molecule has 1 saturated heterocycles. The van der Waals surface area contributed by atoms with Crippen molar-refractivity contribution in [3.63, 3.8) is 0 Å². The Morgan fingerprint density at radius 2 is 2.00 bits per heavy atom. The predicted molar refractivity (Wildman–Crippen MR) is 79.8 cm³/mol. The molecule has 0 aromatic heterocycles. The van der Waals surface area contributed by atoms with E-state index in [1.54, 1.807) is 14.2 Å². The van der Waals surface area contributed by atoms with Gasteiger partial charge >= 0.3 is 0 Å². The van der Waals surface area contributed by atoms with Crippen LogP contribution in [0.25, 0.3) is 0 Å². The second-order valence-electron chi connectivity index (χ2n) is 5.49. The summed E-state index contributed by atoms with van der Waals surface area (Å²) in [6, 6.07) is 0. The van der Waals surface area contributed by atoms with Crippen LogP contribution in [0.3, 0.4) is 0 Å². The molecule has 1 N–H and O–H groups in total. The maximum absolute atomic E-state index is 12.9. The number of hydrogen-bond donors (Lipinski definition) is 1. The minimum atomic E-state index is -0.338. The summed E-state index contributed by atoms with van der Waals surface area (Å²) in [4.78, 5) is 14.9. The number of ether oxygens (including phenoxy) is 2. The molecule has 1 unspecified atom stereocenters. The van der Waals surface area contributed by atoms with E-state index < -0.39 is 0 Å². The number of hydrogen-bond acceptors (Lipinski definition) is 4. The van der Waals surface area contributed by atoms with Crippen molar-refractivity contribution in [3.8, 4) is 0 Å². The maximum atomic E-state index is 12.9. The van der Waals surface area contributed by atoms with E-state index in [1.807, 2.05) is 4.90 Å². The molecule has 0 aliphatic carbocycles. The van der Waals surface area contributed by atoms with Crippen LogP contribution in [-0.4, -0.2) is 63.4 Å². The summed E-state index contributed by atoms with van der Waals surface area (Å²) < 4.78 is 10.2. The lowest BCUT2D eigenvalue weighted by Crippen LogP contribution is -2.55. The molecule has 1 aliphatic rings. The molecule has 1 aliphatic heterocycles. The highest BCUT2D eigenvalue weighted by Gasteiger charge is 2.42. The minimum absolute atomic E-state index is 0.241. The van der Waals surface area contributed by atoms with Crippen LogP contribution in [0.5, 0.6) is 0 Å². The van der Waals surface area contributed by atoms with Crippen molar-refractivity contribution in [2.75, 3.05) is 47.1 Å². The summed E-state index contributed by atoms with van der Waals surface area (Å²) in [6.07, 6.45) is 4.85. The monoisotopic (exact) mass is 286 g/mol. The van der Waals surface area contributed by atoms with Crippen molar-refractivity contribution in [2.24, 2.45) is 0 Å². The largest absolute Gasteiger partial charge is 0.385 e. The highest BCUT2D eigenvalue weighted by atomic mass is 16.5. The average molecular weight is 286 g/mol. The molecule has 0 spiro atoms. The van der Waals surface area contributed by atoms with E-state index in [-0.39, 0.29) is 11.4 Å². The van der Waals surface area contributed by atoms with Crippen LogP contribution in [0.4, 0.5) is 0 Å². The number of carbonyl (C=O) groups excluding carboxylic acids is 1. The molecule has 1 heterocycles. The highest BCUT2D eigenvalue weighted by molar-refractivity contribution is 5.86. The Morgan fingerprint density at radius 3 is 2.55 bits per heavy atom. The Labute approximate surface area is 123 Å². The van der Waals surface area contributed by atoms with Gasteiger partial charge in [0.2, 0.25) is 5.91 Å². The first-order chi connectivity index (χ1) is 9.70. The Morgan fingerprint density at radius 1 is 1.25 bits per heavy atom. The van der Waals surface area contributed by atoms with Gasteiger partial charge in [0.25, 0.3) is 0 Å². The fourth-order valence-electron chi connectivity index (χ4n) is 2.95. The van der Waals surface area contributed by atoms with Crippen molar-refractivity contribution in [3.05, 3.63) is 0 Å². The van der Waals surface area contributed by atoms with Gasteiger partial charge in [0.15, 0.2) is 0 Å². The van der Waals surface area contributed by atoms with Crippen molar-refractivity contribution in [2.45, 2.75) is 44.6 Å². The standard InChI is InChI=1S/C15H30N2O3/c1-4-7-15(8-5-9-16-15)14(18)17(11-13-20-3)10-6-12-19-2/h16H,4-13H2,1-3H3. The summed E-state index contributed by atoms with van der Waals surface area (Å²) in [5.74, 6) is 0.241. The van der Waals surface area contributed by atoms with Crippen molar-refractivity contribution < 1.29 is 14.3 Å². The fourth-order valence-corrected chi connectivity index (χ4v) is 2.95. The third-order valence-corrected chi connectivity index (χ3v) is 3.96. The average Bonchev–Trinajstić information content (AvgIpc) is 2.92. The molecular formula is C15H30N2O3. The minimum Gasteiger partial charge on any atom is -0.385 e. The van der Waals surface area contributed by atoms with Gasteiger partial charge in [0.05, 0.1) is 12.1 Å².